The summed E-state index contributed by atoms with van der Waals surface area (Å²) in [4.78, 5) is 0. The van der Waals surface area contributed by atoms with Gasteiger partial charge < -0.3 is 0 Å². The molecule has 0 fully saturated rings. The van der Waals surface area contributed by atoms with Gasteiger partial charge in [0.15, 0.2) is 0 Å². The maximum atomic E-state index is 5.66. The summed E-state index contributed by atoms with van der Waals surface area (Å²) in [5.41, 5.74) is 1.79. The van der Waals surface area contributed by atoms with Crippen LogP contribution in [0, 0.1) is 6.92 Å². The first-order valence-corrected chi connectivity index (χ1v) is 3.09. The highest BCUT2D eigenvalue weighted by Gasteiger charge is 1.90. The van der Waals surface area contributed by atoms with E-state index < -0.39 is 0 Å². The van der Waals surface area contributed by atoms with E-state index in [-0.39, 0.29) is 0 Å². The topological polar surface area (TPSA) is 0 Å². The van der Waals surface area contributed by atoms with Gasteiger partial charge in [0.2, 0.25) is 0 Å². The van der Waals surface area contributed by atoms with E-state index in [1.807, 2.05) is 19.1 Å². The van der Waals surface area contributed by atoms with Gasteiger partial charge in [-0.3, -0.25) is 0 Å². The molecule has 0 nitrogen and oxygen atoms in total. The minimum Gasteiger partial charge on any atom is -0.0850 e. The number of rotatable bonds is 0. The largest absolute Gasteiger partial charge is 0.115 e. The molecule has 0 aliphatic carbocycles. The Morgan fingerprint density at radius 3 is 2.56 bits per heavy atom. The van der Waals surface area contributed by atoms with Crippen LogP contribution in [-0.4, -0.2) is 7.85 Å². The molecule has 1 aromatic rings. The lowest BCUT2D eigenvalue weighted by molar-refractivity contribution is 1.50. The Morgan fingerprint density at radius 1 is 1.44 bits per heavy atom. The van der Waals surface area contributed by atoms with Crippen LogP contribution in [-0.2, 0) is 0 Å². The lowest BCUT2D eigenvalue weighted by Gasteiger charge is -1.96. The molecule has 0 aliphatic rings. The lowest BCUT2D eigenvalue weighted by atomic mass is 9.95. The van der Waals surface area contributed by atoms with Gasteiger partial charge in [0.05, 0.1) is 0 Å². The summed E-state index contributed by atoms with van der Waals surface area (Å²) < 4.78 is 0. The van der Waals surface area contributed by atoms with E-state index in [0.29, 0.717) is 10.5 Å². The Morgan fingerprint density at radius 2 is 2.11 bits per heavy atom. The Labute approximate surface area is 61.3 Å². The van der Waals surface area contributed by atoms with Crippen molar-refractivity contribution in [3.8, 4) is 0 Å². The van der Waals surface area contributed by atoms with Gasteiger partial charge in [-0.25, -0.2) is 0 Å². The molecule has 44 valence electrons. The molecular weight excluding hydrogens is 130 g/mol. The van der Waals surface area contributed by atoms with Crippen molar-refractivity contribution < 1.29 is 0 Å². The van der Waals surface area contributed by atoms with Crippen molar-refractivity contribution in [3.05, 3.63) is 28.8 Å². The number of hydrogen-bond acceptors (Lipinski definition) is 0. The maximum Gasteiger partial charge on any atom is 0.115 e. The number of aryl methyl sites for hydroxylation is 1. The Kier molecular flexibility index (Phi) is 1.82. The second-order valence-corrected chi connectivity index (χ2v) is 2.43. The smallest absolute Gasteiger partial charge is 0.0850 e. The first-order chi connectivity index (χ1) is 4.20. The summed E-state index contributed by atoms with van der Waals surface area (Å²) in [6.07, 6.45) is 0. The molecule has 0 unspecified atom stereocenters. The Bertz CT molecular complexity index is 220. The van der Waals surface area contributed by atoms with E-state index >= 15 is 0 Å². The first kappa shape index (κ1) is 6.69. The minimum absolute atomic E-state index is 0.626. The monoisotopic (exact) mass is 136 g/mol. The number of benzene rings is 1. The van der Waals surface area contributed by atoms with Crippen LogP contribution in [0.15, 0.2) is 18.2 Å². The molecule has 0 amide bonds. The third-order valence-electron chi connectivity index (χ3n) is 1.15. The zero-order valence-corrected chi connectivity index (χ0v) is 5.94. The van der Waals surface area contributed by atoms with Crippen LogP contribution in [0.3, 0.4) is 0 Å². The van der Waals surface area contributed by atoms with Crippen molar-refractivity contribution in [2.24, 2.45) is 0 Å². The molecule has 9 heavy (non-hydrogen) atoms. The SMILES string of the molecule is [B]c1cc(C)ccc1Cl. The summed E-state index contributed by atoms with van der Waals surface area (Å²) in [5, 5.41) is 0.626. The van der Waals surface area contributed by atoms with Crippen molar-refractivity contribution in [3.63, 3.8) is 0 Å². The van der Waals surface area contributed by atoms with Gasteiger partial charge >= 0.3 is 0 Å². The fourth-order valence-electron chi connectivity index (χ4n) is 0.663. The van der Waals surface area contributed by atoms with Crippen molar-refractivity contribution >= 4 is 24.9 Å². The molecule has 0 atom stereocenters. The summed E-state index contributed by atoms with van der Waals surface area (Å²) in [7, 11) is 5.49. The van der Waals surface area contributed by atoms with Gasteiger partial charge in [-0.05, 0) is 13.0 Å². The molecule has 1 aromatic carbocycles. The van der Waals surface area contributed by atoms with Crippen LogP contribution >= 0.6 is 11.6 Å². The van der Waals surface area contributed by atoms with E-state index in [9.17, 15) is 0 Å². The van der Waals surface area contributed by atoms with Crippen molar-refractivity contribution in [2.45, 2.75) is 6.92 Å². The molecule has 0 bridgehead atoms. The van der Waals surface area contributed by atoms with E-state index in [0.717, 1.165) is 5.56 Å². The molecule has 1 rings (SSSR count). The number of hydrogen-bond donors (Lipinski definition) is 0. The third kappa shape index (κ3) is 1.49. The third-order valence-corrected chi connectivity index (χ3v) is 1.50. The normalized spacial score (nSPS) is 9.56. The minimum atomic E-state index is 0.626. The van der Waals surface area contributed by atoms with Crippen LogP contribution in [0.2, 0.25) is 5.02 Å². The predicted molar refractivity (Wildman–Crippen MR) is 41.6 cm³/mol. The average molecular weight is 136 g/mol. The average Bonchev–Trinajstić information content (AvgIpc) is 1.80. The quantitative estimate of drug-likeness (QED) is 0.474. The van der Waals surface area contributed by atoms with Gasteiger partial charge in [0.1, 0.15) is 7.85 Å². The van der Waals surface area contributed by atoms with E-state index in [1.54, 1.807) is 6.07 Å². The van der Waals surface area contributed by atoms with Gasteiger partial charge in [-0.2, -0.15) is 0 Å². The van der Waals surface area contributed by atoms with Crippen molar-refractivity contribution in [2.75, 3.05) is 0 Å². The van der Waals surface area contributed by atoms with Gasteiger partial charge in [0, 0.05) is 5.02 Å². The van der Waals surface area contributed by atoms with E-state index in [2.05, 4.69) is 0 Å². The summed E-state index contributed by atoms with van der Waals surface area (Å²) in [6, 6.07) is 5.58. The highest BCUT2D eigenvalue weighted by molar-refractivity contribution is 6.45. The zero-order valence-electron chi connectivity index (χ0n) is 5.19. The fraction of sp³-hybridized carbons (Fsp3) is 0.143. The molecular formula is C7H6BCl. The van der Waals surface area contributed by atoms with Crippen LogP contribution in [0.4, 0.5) is 0 Å². The molecule has 2 heteroatoms. The molecule has 0 N–H and O–H groups in total. The van der Waals surface area contributed by atoms with E-state index in [1.165, 1.54) is 0 Å². The summed E-state index contributed by atoms with van der Waals surface area (Å²) >= 11 is 5.66. The van der Waals surface area contributed by atoms with Gasteiger partial charge in [-0.15, -0.1) is 0 Å². The van der Waals surface area contributed by atoms with Gasteiger partial charge in [-0.1, -0.05) is 34.8 Å². The lowest BCUT2D eigenvalue weighted by Crippen LogP contribution is -2.03. The zero-order chi connectivity index (χ0) is 6.85. The molecule has 2 radical (unpaired) electrons. The fourth-order valence-corrected chi connectivity index (χ4v) is 0.781. The highest BCUT2D eigenvalue weighted by atomic mass is 35.5. The second-order valence-electron chi connectivity index (χ2n) is 2.02. The molecule has 0 saturated heterocycles. The first-order valence-electron chi connectivity index (χ1n) is 2.72. The Hall–Kier alpha value is -0.425. The van der Waals surface area contributed by atoms with Crippen LogP contribution < -0.4 is 5.46 Å². The highest BCUT2D eigenvalue weighted by Crippen LogP contribution is 2.04. The van der Waals surface area contributed by atoms with E-state index in [4.69, 9.17) is 19.4 Å². The van der Waals surface area contributed by atoms with Crippen LogP contribution in [0.1, 0.15) is 5.56 Å². The molecule has 0 aromatic heterocycles. The molecule has 0 heterocycles. The predicted octanol–water partition coefficient (Wildman–Crippen LogP) is 1.44. The standard InChI is InChI=1S/C7H6BCl/c1-5-2-3-7(9)6(8)4-5/h2-4H,1H3. The van der Waals surface area contributed by atoms with Gasteiger partial charge in [0.25, 0.3) is 0 Å². The molecule has 0 spiro atoms. The Balaban J connectivity index is 3.17. The maximum absolute atomic E-state index is 5.66. The molecule has 0 saturated carbocycles. The summed E-state index contributed by atoms with van der Waals surface area (Å²) in [6.45, 7) is 1.98. The second kappa shape index (κ2) is 2.44. The summed E-state index contributed by atoms with van der Waals surface area (Å²) in [5.74, 6) is 0. The van der Waals surface area contributed by atoms with Crippen LogP contribution in [0.25, 0.3) is 0 Å². The molecule has 0 aliphatic heterocycles. The van der Waals surface area contributed by atoms with Crippen molar-refractivity contribution in [1.29, 1.82) is 0 Å². The van der Waals surface area contributed by atoms with Crippen LogP contribution in [0.5, 0.6) is 0 Å². The number of halogens is 1. The van der Waals surface area contributed by atoms with Crippen molar-refractivity contribution in [1.82, 2.24) is 0 Å².